The number of aryl methyl sites for hydroxylation is 1. The third-order valence-electron chi connectivity index (χ3n) is 5.50. The summed E-state index contributed by atoms with van der Waals surface area (Å²) in [5, 5.41) is 1.09. The predicted octanol–water partition coefficient (Wildman–Crippen LogP) is 4.62. The normalized spacial score (nSPS) is 28.8. The average Bonchev–Trinajstić information content (AvgIpc) is 2.90. The summed E-state index contributed by atoms with van der Waals surface area (Å²) in [6.07, 6.45) is 6.26. The van der Waals surface area contributed by atoms with Crippen LogP contribution in [0, 0.1) is 18.8 Å². The van der Waals surface area contributed by atoms with E-state index in [4.69, 9.17) is 0 Å². The molecule has 1 aliphatic carbocycles. The van der Waals surface area contributed by atoms with E-state index >= 15 is 0 Å². The van der Waals surface area contributed by atoms with Crippen LogP contribution in [0.4, 0.5) is 0 Å². The minimum absolute atomic E-state index is 0.241. The molecule has 1 amide bonds. The number of fused-ring (bicyclic) bond motifs is 1. The number of hydrogen-bond acceptors (Lipinski definition) is 3. The molecule has 122 valence electrons. The molecule has 3 rings (SSSR count). The van der Waals surface area contributed by atoms with Crippen molar-refractivity contribution in [3.8, 4) is 0 Å². The second-order valence-corrected chi connectivity index (χ2v) is 8.43. The van der Waals surface area contributed by atoms with Gasteiger partial charge in [-0.3, -0.25) is 4.79 Å². The van der Waals surface area contributed by atoms with E-state index in [1.165, 1.54) is 25.7 Å². The van der Waals surface area contributed by atoms with Gasteiger partial charge < -0.3 is 4.90 Å². The molecule has 2 fully saturated rings. The molecule has 0 N–H and O–H groups in total. The lowest BCUT2D eigenvalue weighted by atomic mass is 9.72. The molecule has 3 unspecified atom stereocenters. The van der Waals surface area contributed by atoms with Gasteiger partial charge in [-0.15, -0.1) is 11.3 Å². The van der Waals surface area contributed by atoms with Gasteiger partial charge in [0.25, 0.3) is 5.91 Å². The molecule has 1 aromatic heterocycles. The van der Waals surface area contributed by atoms with E-state index in [0.717, 1.165) is 34.5 Å². The van der Waals surface area contributed by atoms with Gasteiger partial charge in [0, 0.05) is 18.5 Å². The van der Waals surface area contributed by atoms with Crippen molar-refractivity contribution >= 4 is 17.2 Å². The molecule has 0 radical (unpaired) electrons. The standard InChI is InChI=1S/C18H28N2OS/c1-11(2)17-19-13(4)16(22-17)18(21)20-10-9-12(3)14-7-5-6-8-15(14)20/h11-12,14-15H,5-10H2,1-4H3. The van der Waals surface area contributed by atoms with Gasteiger partial charge in [0.2, 0.25) is 0 Å². The molecule has 1 saturated heterocycles. The molecular formula is C18H28N2OS. The first-order valence-corrected chi connectivity index (χ1v) is 9.59. The molecule has 2 heterocycles. The maximum absolute atomic E-state index is 13.1. The number of hydrogen-bond donors (Lipinski definition) is 0. The largest absolute Gasteiger partial charge is 0.335 e. The Labute approximate surface area is 138 Å². The van der Waals surface area contributed by atoms with Crippen molar-refractivity contribution in [1.29, 1.82) is 0 Å². The van der Waals surface area contributed by atoms with Crippen molar-refractivity contribution in [1.82, 2.24) is 9.88 Å². The van der Waals surface area contributed by atoms with E-state index in [1.807, 2.05) is 6.92 Å². The maximum atomic E-state index is 13.1. The van der Waals surface area contributed by atoms with Crippen molar-refractivity contribution in [2.24, 2.45) is 11.8 Å². The van der Waals surface area contributed by atoms with Crippen molar-refractivity contribution in [2.45, 2.75) is 71.8 Å². The van der Waals surface area contributed by atoms with Crippen LogP contribution in [0.3, 0.4) is 0 Å². The summed E-state index contributed by atoms with van der Waals surface area (Å²) in [5.74, 6) is 2.12. The van der Waals surface area contributed by atoms with Crippen LogP contribution < -0.4 is 0 Å². The van der Waals surface area contributed by atoms with Crippen molar-refractivity contribution in [3.05, 3.63) is 15.6 Å². The van der Waals surface area contributed by atoms with E-state index in [1.54, 1.807) is 11.3 Å². The zero-order valence-electron chi connectivity index (χ0n) is 14.3. The van der Waals surface area contributed by atoms with Crippen molar-refractivity contribution in [2.75, 3.05) is 6.54 Å². The highest BCUT2D eigenvalue weighted by Gasteiger charge is 2.40. The van der Waals surface area contributed by atoms with Crippen molar-refractivity contribution in [3.63, 3.8) is 0 Å². The Hall–Kier alpha value is -0.900. The van der Waals surface area contributed by atoms with E-state index < -0.39 is 0 Å². The SMILES string of the molecule is Cc1nc(C(C)C)sc1C(=O)N1CCC(C)C2CCCCC21. The summed E-state index contributed by atoms with van der Waals surface area (Å²) in [5.41, 5.74) is 0.921. The molecule has 0 bridgehead atoms. The minimum atomic E-state index is 0.241. The summed E-state index contributed by atoms with van der Waals surface area (Å²) in [4.78, 5) is 20.8. The fourth-order valence-electron chi connectivity index (χ4n) is 4.16. The van der Waals surface area contributed by atoms with Gasteiger partial charge in [-0.25, -0.2) is 4.98 Å². The van der Waals surface area contributed by atoms with Crippen LogP contribution in [0.15, 0.2) is 0 Å². The molecule has 4 heteroatoms. The van der Waals surface area contributed by atoms with Crippen LogP contribution in [0.25, 0.3) is 0 Å². The molecule has 3 nitrogen and oxygen atoms in total. The van der Waals surface area contributed by atoms with Crippen molar-refractivity contribution < 1.29 is 4.79 Å². The van der Waals surface area contributed by atoms with Crippen LogP contribution in [0.1, 0.15) is 79.2 Å². The van der Waals surface area contributed by atoms with Gasteiger partial charge >= 0.3 is 0 Å². The third kappa shape index (κ3) is 2.82. The first-order valence-electron chi connectivity index (χ1n) is 8.77. The predicted molar refractivity (Wildman–Crippen MR) is 91.5 cm³/mol. The Balaban J connectivity index is 1.85. The van der Waals surface area contributed by atoms with Crippen LogP contribution in [-0.4, -0.2) is 28.4 Å². The second kappa shape index (κ2) is 6.31. The summed E-state index contributed by atoms with van der Waals surface area (Å²) >= 11 is 1.61. The number of carbonyl (C=O) groups excluding carboxylic acids is 1. The maximum Gasteiger partial charge on any atom is 0.266 e. The van der Waals surface area contributed by atoms with E-state index in [2.05, 4.69) is 30.7 Å². The second-order valence-electron chi connectivity index (χ2n) is 7.40. The number of amides is 1. The Morgan fingerprint density at radius 3 is 2.68 bits per heavy atom. The highest BCUT2D eigenvalue weighted by molar-refractivity contribution is 7.13. The third-order valence-corrected chi connectivity index (χ3v) is 6.95. The summed E-state index contributed by atoms with van der Waals surface area (Å²) in [7, 11) is 0. The van der Waals surface area contributed by atoms with E-state index in [9.17, 15) is 4.79 Å². The molecular weight excluding hydrogens is 292 g/mol. The Morgan fingerprint density at radius 1 is 1.27 bits per heavy atom. The Bertz CT molecular complexity index is 551. The van der Waals surface area contributed by atoms with Crippen LogP contribution >= 0.6 is 11.3 Å². The number of likely N-dealkylation sites (tertiary alicyclic amines) is 1. The highest BCUT2D eigenvalue weighted by Crippen LogP contribution is 2.40. The fraction of sp³-hybridized carbons (Fsp3) is 0.778. The van der Waals surface area contributed by atoms with Gasteiger partial charge in [0.05, 0.1) is 10.7 Å². The molecule has 1 saturated carbocycles. The molecule has 2 aliphatic rings. The van der Waals surface area contributed by atoms with Crippen LogP contribution in [-0.2, 0) is 0 Å². The molecule has 22 heavy (non-hydrogen) atoms. The smallest absolute Gasteiger partial charge is 0.266 e. The monoisotopic (exact) mass is 320 g/mol. The molecule has 1 aromatic rings. The molecule has 3 atom stereocenters. The Morgan fingerprint density at radius 2 is 2.00 bits per heavy atom. The quantitative estimate of drug-likeness (QED) is 0.797. The Kier molecular flexibility index (Phi) is 4.58. The lowest BCUT2D eigenvalue weighted by Crippen LogP contribution is -2.52. The van der Waals surface area contributed by atoms with Crippen LogP contribution in [0.5, 0.6) is 0 Å². The summed E-state index contributed by atoms with van der Waals surface area (Å²) in [6, 6.07) is 0.467. The van der Waals surface area contributed by atoms with E-state index in [0.29, 0.717) is 17.9 Å². The van der Waals surface area contributed by atoms with Gasteiger partial charge in [0.15, 0.2) is 0 Å². The number of carbonyl (C=O) groups is 1. The van der Waals surface area contributed by atoms with Gasteiger partial charge in [-0.2, -0.15) is 0 Å². The minimum Gasteiger partial charge on any atom is -0.335 e. The molecule has 0 spiro atoms. The fourth-order valence-corrected chi connectivity index (χ4v) is 5.18. The first kappa shape index (κ1) is 16.0. The lowest BCUT2D eigenvalue weighted by molar-refractivity contribution is 0.0221. The van der Waals surface area contributed by atoms with Crippen LogP contribution in [0.2, 0.25) is 0 Å². The zero-order chi connectivity index (χ0) is 15.9. The number of thiazole rings is 1. The molecule has 1 aliphatic heterocycles. The van der Waals surface area contributed by atoms with Gasteiger partial charge in [-0.05, 0) is 38.0 Å². The summed E-state index contributed by atoms with van der Waals surface area (Å²) < 4.78 is 0. The van der Waals surface area contributed by atoms with Gasteiger partial charge in [0.1, 0.15) is 4.88 Å². The lowest BCUT2D eigenvalue weighted by Gasteiger charge is -2.47. The molecule has 0 aromatic carbocycles. The number of nitrogens with zero attached hydrogens (tertiary/aromatic N) is 2. The number of aromatic nitrogens is 1. The average molecular weight is 321 g/mol. The summed E-state index contributed by atoms with van der Waals surface area (Å²) in [6.45, 7) is 9.58. The highest BCUT2D eigenvalue weighted by atomic mass is 32.1. The number of piperidine rings is 1. The number of rotatable bonds is 2. The van der Waals surface area contributed by atoms with E-state index in [-0.39, 0.29) is 5.91 Å². The van der Waals surface area contributed by atoms with Gasteiger partial charge in [-0.1, -0.05) is 33.6 Å². The first-order chi connectivity index (χ1) is 10.5. The zero-order valence-corrected chi connectivity index (χ0v) is 15.1. The topological polar surface area (TPSA) is 33.2 Å².